The minimum atomic E-state index is -0.883. The predicted molar refractivity (Wildman–Crippen MR) is 64.7 cm³/mol. The topological polar surface area (TPSA) is 47.9 Å². The predicted octanol–water partition coefficient (Wildman–Crippen LogP) is 1.75. The minimum absolute atomic E-state index is 0.363. The molecule has 1 aromatic rings. The zero-order chi connectivity index (χ0) is 12.3. The van der Waals surface area contributed by atoms with Crippen LogP contribution in [0.3, 0.4) is 0 Å². The highest BCUT2D eigenvalue weighted by Crippen LogP contribution is 2.12. The molecule has 0 aliphatic carbocycles. The average Bonchev–Trinajstić information content (AvgIpc) is 2.38. The van der Waals surface area contributed by atoms with Crippen LogP contribution in [0.1, 0.15) is 18.8 Å². The smallest absolute Gasteiger partial charge is 0.181 e. The van der Waals surface area contributed by atoms with E-state index < -0.39 is 6.29 Å². The van der Waals surface area contributed by atoms with Gasteiger partial charge in [0.15, 0.2) is 6.29 Å². The molecular weight excluding hydrogens is 220 g/mol. The van der Waals surface area contributed by atoms with Gasteiger partial charge in [0.2, 0.25) is 0 Å². The Hall–Kier alpha value is -0.940. The van der Waals surface area contributed by atoms with Crippen molar-refractivity contribution in [2.45, 2.75) is 13.2 Å². The maximum absolute atomic E-state index is 9.66. The number of ether oxygens (including phenoxy) is 3. The summed E-state index contributed by atoms with van der Waals surface area (Å²) in [5.41, 5.74) is 0.752. The summed E-state index contributed by atoms with van der Waals surface area (Å²) in [5.74, 6) is 0. The molecule has 0 aromatic heterocycles. The fraction of sp³-hybridized carbons (Fsp3) is 0.538. The molecule has 1 N–H and O–H groups in total. The van der Waals surface area contributed by atoms with Crippen LogP contribution in [0.15, 0.2) is 30.3 Å². The highest BCUT2D eigenvalue weighted by Gasteiger charge is 2.05. The lowest BCUT2D eigenvalue weighted by atomic mass is 10.2. The molecule has 0 heterocycles. The van der Waals surface area contributed by atoms with Gasteiger partial charge in [0, 0.05) is 12.2 Å². The largest absolute Gasteiger partial charge is 0.379 e. The highest BCUT2D eigenvalue weighted by molar-refractivity contribution is 5.15. The van der Waals surface area contributed by atoms with Gasteiger partial charge >= 0.3 is 0 Å². The van der Waals surface area contributed by atoms with Gasteiger partial charge in [0.25, 0.3) is 0 Å². The molecule has 0 saturated heterocycles. The van der Waals surface area contributed by atoms with Crippen molar-refractivity contribution in [3.8, 4) is 0 Å². The standard InChI is InChI=1S/C13H20O4/c1-2-15-8-9-16-10-11-17-13(14)12-6-4-3-5-7-12/h3-7,13-14H,2,8-11H2,1H3. The minimum Gasteiger partial charge on any atom is -0.379 e. The number of aliphatic hydroxyl groups is 1. The summed E-state index contributed by atoms with van der Waals surface area (Å²) in [6, 6.07) is 9.26. The van der Waals surface area contributed by atoms with Gasteiger partial charge in [0.1, 0.15) is 0 Å². The summed E-state index contributed by atoms with van der Waals surface area (Å²) in [6.07, 6.45) is -0.883. The molecule has 0 spiro atoms. The molecule has 1 atom stereocenters. The van der Waals surface area contributed by atoms with Gasteiger partial charge in [-0.25, -0.2) is 0 Å². The Morgan fingerprint density at radius 3 is 2.35 bits per heavy atom. The van der Waals surface area contributed by atoms with Crippen LogP contribution in [0.5, 0.6) is 0 Å². The molecule has 0 aliphatic heterocycles. The molecule has 17 heavy (non-hydrogen) atoms. The van der Waals surface area contributed by atoms with Gasteiger partial charge < -0.3 is 19.3 Å². The van der Waals surface area contributed by atoms with E-state index in [1.54, 1.807) is 0 Å². The van der Waals surface area contributed by atoms with Crippen molar-refractivity contribution >= 4 is 0 Å². The van der Waals surface area contributed by atoms with Crippen molar-refractivity contribution < 1.29 is 19.3 Å². The lowest BCUT2D eigenvalue weighted by Crippen LogP contribution is -2.11. The summed E-state index contributed by atoms with van der Waals surface area (Å²) in [5, 5.41) is 9.66. The van der Waals surface area contributed by atoms with Crippen LogP contribution in [0.2, 0.25) is 0 Å². The number of benzene rings is 1. The van der Waals surface area contributed by atoms with Crippen LogP contribution in [-0.4, -0.2) is 38.1 Å². The SMILES string of the molecule is CCOCCOCCOC(O)c1ccccc1. The molecule has 4 nitrogen and oxygen atoms in total. The van der Waals surface area contributed by atoms with Gasteiger partial charge in [-0.2, -0.15) is 0 Å². The van der Waals surface area contributed by atoms with E-state index in [9.17, 15) is 5.11 Å². The van der Waals surface area contributed by atoms with Crippen molar-refractivity contribution in [1.82, 2.24) is 0 Å². The van der Waals surface area contributed by atoms with Crippen LogP contribution in [0, 0.1) is 0 Å². The van der Waals surface area contributed by atoms with Crippen molar-refractivity contribution in [1.29, 1.82) is 0 Å². The van der Waals surface area contributed by atoms with E-state index in [0.717, 1.165) is 5.56 Å². The first-order valence-electron chi connectivity index (χ1n) is 5.84. The Bertz CT molecular complexity index is 276. The number of hydrogen-bond acceptors (Lipinski definition) is 4. The lowest BCUT2D eigenvalue weighted by molar-refractivity contribution is -0.117. The monoisotopic (exact) mass is 240 g/mol. The number of rotatable bonds is 9. The molecule has 0 saturated carbocycles. The third kappa shape index (κ3) is 6.38. The molecule has 1 unspecified atom stereocenters. The molecule has 1 aromatic carbocycles. The van der Waals surface area contributed by atoms with Crippen molar-refractivity contribution in [3.05, 3.63) is 35.9 Å². The summed E-state index contributed by atoms with van der Waals surface area (Å²) in [6.45, 7) is 4.61. The Kier molecular flexibility index (Phi) is 7.58. The van der Waals surface area contributed by atoms with Gasteiger partial charge in [-0.05, 0) is 6.92 Å². The van der Waals surface area contributed by atoms with Gasteiger partial charge in [-0.3, -0.25) is 0 Å². The zero-order valence-corrected chi connectivity index (χ0v) is 10.2. The first-order chi connectivity index (χ1) is 8.34. The molecule has 4 heteroatoms. The second-order valence-electron chi connectivity index (χ2n) is 3.44. The number of hydrogen-bond donors (Lipinski definition) is 1. The average molecular weight is 240 g/mol. The summed E-state index contributed by atoms with van der Waals surface area (Å²) >= 11 is 0. The first-order valence-corrected chi connectivity index (χ1v) is 5.84. The third-order valence-corrected chi connectivity index (χ3v) is 2.16. The molecule has 0 amide bonds. The van der Waals surface area contributed by atoms with E-state index in [-0.39, 0.29) is 0 Å². The Morgan fingerprint density at radius 2 is 1.65 bits per heavy atom. The van der Waals surface area contributed by atoms with Crippen LogP contribution in [0.25, 0.3) is 0 Å². The van der Waals surface area contributed by atoms with Crippen molar-refractivity contribution in [2.75, 3.05) is 33.0 Å². The van der Waals surface area contributed by atoms with E-state index in [1.807, 2.05) is 37.3 Å². The normalized spacial score (nSPS) is 12.6. The summed E-state index contributed by atoms with van der Waals surface area (Å²) in [4.78, 5) is 0. The van der Waals surface area contributed by atoms with Gasteiger partial charge in [-0.15, -0.1) is 0 Å². The van der Waals surface area contributed by atoms with E-state index in [2.05, 4.69) is 0 Å². The maximum atomic E-state index is 9.66. The van der Waals surface area contributed by atoms with Gasteiger partial charge in [-0.1, -0.05) is 30.3 Å². The van der Waals surface area contributed by atoms with Crippen LogP contribution in [0.4, 0.5) is 0 Å². The molecule has 0 fully saturated rings. The second-order valence-corrected chi connectivity index (χ2v) is 3.44. The second kappa shape index (κ2) is 9.13. The van der Waals surface area contributed by atoms with E-state index >= 15 is 0 Å². The fourth-order valence-electron chi connectivity index (χ4n) is 1.30. The zero-order valence-electron chi connectivity index (χ0n) is 10.2. The van der Waals surface area contributed by atoms with E-state index in [1.165, 1.54) is 0 Å². The quantitative estimate of drug-likeness (QED) is 0.527. The maximum Gasteiger partial charge on any atom is 0.181 e. The van der Waals surface area contributed by atoms with Crippen LogP contribution < -0.4 is 0 Å². The molecule has 0 radical (unpaired) electrons. The molecule has 96 valence electrons. The lowest BCUT2D eigenvalue weighted by Gasteiger charge is -2.12. The van der Waals surface area contributed by atoms with Crippen molar-refractivity contribution in [3.63, 3.8) is 0 Å². The van der Waals surface area contributed by atoms with E-state index in [4.69, 9.17) is 14.2 Å². The third-order valence-electron chi connectivity index (χ3n) is 2.16. The molecular formula is C13H20O4. The molecule has 0 aliphatic rings. The van der Waals surface area contributed by atoms with Crippen molar-refractivity contribution in [2.24, 2.45) is 0 Å². The van der Waals surface area contributed by atoms with E-state index in [0.29, 0.717) is 33.0 Å². The number of aliphatic hydroxyl groups excluding tert-OH is 1. The highest BCUT2D eigenvalue weighted by atomic mass is 16.6. The van der Waals surface area contributed by atoms with Crippen LogP contribution >= 0.6 is 0 Å². The Morgan fingerprint density at radius 1 is 1.00 bits per heavy atom. The van der Waals surface area contributed by atoms with Crippen LogP contribution in [-0.2, 0) is 14.2 Å². The summed E-state index contributed by atoms with van der Waals surface area (Å²) < 4.78 is 15.6. The Labute approximate surface area is 102 Å². The van der Waals surface area contributed by atoms with Gasteiger partial charge in [0.05, 0.1) is 26.4 Å². The Balaban J connectivity index is 2.03. The first kappa shape index (κ1) is 14.1. The molecule has 1 rings (SSSR count). The fourth-order valence-corrected chi connectivity index (χ4v) is 1.30. The summed E-state index contributed by atoms with van der Waals surface area (Å²) in [7, 11) is 0. The molecule has 0 bridgehead atoms.